The normalized spacial score (nSPS) is 20.9. The van der Waals surface area contributed by atoms with Crippen LogP contribution in [0.25, 0.3) is 0 Å². The molecule has 20 heavy (non-hydrogen) atoms. The standard InChI is InChI=1S/C15H24N2O2S/c1-15(2)11-12-7-4-5-8-13(12)14(15)16-9-6-10-17-20(3,18)19/h4-5,7-8,14,16-17H,6,9-11H2,1-3H3. The second-order valence-corrected chi connectivity index (χ2v) is 8.10. The molecule has 4 nitrogen and oxygen atoms in total. The molecule has 0 fully saturated rings. The number of hydrogen-bond acceptors (Lipinski definition) is 3. The molecule has 0 saturated heterocycles. The van der Waals surface area contributed by atoms with E-state index in [-0.39, 0.29) is 5.41 Å². The fraction of sp³-hybridized carbons (Fsp3) is 0.600. The molecule has 1 aliphatic carbocycles. The summed E-state index contributed by atoms with van der Waals surface area (Å²) in [5, 5.41) is 3.58. The lowest BCUT2D eigenvalue weighted by atomic mass is 9.85. The van der Waals surface area contributed by atoms with Crippen LogP contribution in [0.3, 0.4) is 0 Å². The molecule has 1 aliphatic rings. The van der Waals surface area contributed by atoms with Crippen LogP contribution in [-0.4, -0.2) is 27.8 Å². The summed E-state index contributed by atoms with van der Waals surface area (Å²) in [7, 11) is -3.07. The molecule has 1 atom stereocenters. The molecule has 1 unspecified atom stereocenters. The zero-order valence-electron chi connectivity index (χ0n) is 12.4. The topological polar surface area (TPSA) is 58.2 Å². The van der Waals surface area contributed by atoms with Gasteiger partial charge in [-0.25, -0.2) is 13.1 Å². The van der Waals surface area contributed by atoms with Crippen molar-refractivity contribution >= 4 is 10.0 Å². The molecule has 0 aromatic heterocycles. The van der Waals surface area contributed by atoms with Crippen molar-refractivity contribution in [1.82, 2.24) is 10.0 Å². The van der Waals surface area contributed by atoms with Gasteiger partial charge in [-0.1, -0.05) is 38.1 Å². The number of nitrogens with one attached hydrogen (secondary N) is 2. The quantitative estimate of drug-likeness (QED) is 0.788. The third kappa shape index (κ3) is 3.81. The summed E-state index contributed by atoms with van der Waals surface area (Å²) in [4.78, 5) is 0. The van der Waals surface area contributed by atoms with Crippen molar-refractivity contribution in [2.75, 3.05) is 19.3 Å². The molecular weight excluding hydrogens is 272 g/mol. The Balaban J connectivity index is 1.89. The maximum atomic E-state index is 11.0. The lowest BCUT2D eigenvalue weighted by Crippen LogP contribution is -2.33. The molecule has 0 saturated carbocycles. The summed E-state index contributed by atoms with van der Waals surface area (Å²) in [6.07, 6.45) is 3.07. The van der Waals surface area contributed by atoms with Gasteiger partial charge in [0.15, 0.2) is 0 Å². The number of sulfonamides is 1. The van der Waals surface area contributed by atoms with E-state index in [1.165, 1.54) is 17.4 Å². The largest absolute Gasteiger partial charge is 0.309 e. The predicted octanol–water partition coefficient (Wildman–Crippen LogP) is 1.84. The van der Waals surface area contributed by atoms with Gasteiger partial charge in [0, 0.05) is 12.6 Å². The summed E-state index contributed by atoms with van der Waals surface area (Å²) in [5.74, 6) is 0. The summed E-state index contributed by atoms with van der Waals surface area (Å²) >= 11 is 0. The summed E-state index contributed by atoms with van der Waals surface area (Å²) in [5.41, 5.74) is 3.01. The van der Waals surface area contributed by atoms with Crippen LogP contribution in [0.15, 0.2) is 24.3 Å². The van der Waals surface area contributed by atoms with Crippen LogP contribution in [0.5, 0.6) is 0 Å². The third-order valence-corrected chi connectivity index (χ3v) is 4.59. The minimum atomic E-state index is -3.07. The van der Waals surface area contributed by atoms with E-state index in [0.717, 1.165) is 19.4 Å². The molecule has 1 aromatic rings. The zero-order valence-corrected chi connectivity index (χ0v) is 13.3. The van der Waals surface area contributed by atoms with E-state index in [4.69, 9.17) is 0 Å². The maximum Gasteiger partial charge on any atom is 0.208 e. The molecule has 1 aromatic carbocycles. The van der Waals surface area contributed by atoms with Gasteiger partial charge in [-0.3, -0.25) is 0 Å². The van der Waals surface area contributed by atoms with Crippen molar-refractivity contribution < 1.29 is 8.42 Å². The number of fused-ring (bicyclic) bond motifs is 1. The first-order valence-electron chi connectivity index (χ1n) is 7.05. The number of hydrogen-bond donors (Lipinski definition) is 2. The van der Waals surface area contributed by atoms with Gasteiger partial charge in [0.05, 0.1) is 6.26 Å². The molecule has 2 rings (SSSR count). The van der Waals surface area contributed by atoms with Crippen molar-refractivity contribution in [2.45, 2.75) is 32.7 Å². The Morgan fingerprint density at radius 3 is 2.65 bits per heavy atom. The highest BCUT2D eigenvalue weighted by atomic mass is 32.2. The fourth-order valence-corrected chi connectivity index (χ4v) is 3.48. The lowest BCUT2D eigenvalue weighted by molar-refractivity contribution is 0.269. The Morgan fingerprint density at radius 1 is 1.25 bits per heavy atom. The fourth-order valence-electron chi connectivity index (χ4n) is 2.97. The van der Waals surface area contributed by atoms with Crippen molar-refractivity contribution in [1.29, 1.82) is 0 Å². The second kappa shape index (κ2) is 5.84. The number of rotatable bonds is 6. The van der Waals surface area contributed by atoms with E-state index in [1.54, 1.807) is 0 Å². The smallest absolute Gasteiger partial charge is 0.208 e. The van der Waals surface area contributed by atoms with Gasteiger partial charge in [0.1, 0.15) is 0 Å². The Hall–Kier alpha value is -0.910. The van der Waals surface area contributed by atoms with Crippen LogP contribution < -0.4 is 10.0 Å². The van der Waals surface area contributed by atoms with Crippen molar-refractivity contribution in [3.63, 3.8) is 0 Å². The van der Waals surface area contributed by atoms with E-state index < -0.39 is 10.0 Å². The highest BCUT2D eigenvalue weighted by molar-refractivity contribution is 7.88. The van der Waals surface area contributed by atoms with Crippen LogP contribution >= 0.6 is 0 Å². The van der Waals surface area contributed by atoms with Crippen LogP contribution in [0.2, 0.25) is 0 Å². The van der Waals surface area contributed by atoms with Crippen molar-refractivity contribution in [3.8, 4) is 0 Å². The highest BCUT2D eigenvalue weighted by Gasteiger charge is 2.37. The zero-order chi connectivity index (χ0) is 14.8. The summed E-state index contributed by atoms with van der Waals surface area (Å²) < 4.78 is 24.5. The molecular formula is C15H24N2O2S. The van der Waals surface area contributed by atoms with Crippen LogP contribution in [0.1, 0.15) is 37.4 Å². The Morgan fingerprint density at radius 2 is 1.95 bits per heavy atom. The average Bonchev–Trinajstić information content (AvgIpc) is 2.58. The average molecular weight is 296 g/mol. The SMILES string of the molecule is CC1(C)Cc2ccccc2C1NCCCNS(C)(=O)=O. The van der Waals surface area contributed by atoms with Crippen LogP contribution in [0, 0.1) is 5.41 Å². The Labute approximate surface area is 122 Å². The van der Waals surface area contributed by atoms with Crippen LogP contribution in [-0.2, 0) is 16.4 Å². The van der Waals surface area contributed by atoms with E-state index in [2.05, 4.69) is 48.2 Å². The molecule has 112 valence electrons. The minimum absolute atomic E-state index is 0.202. The summed E-state index contributed by atoms with van der Waals surface area (Å²) in [6, 6.07) is 8.91. The molecule has 0 heterocycles. The monoisotopic (exact) mass is 296 g/mol. The summed E-state index contributed by atoms with van der Waals surface area (Å²) in [6.45, 7) is 5.85. The van der Waals surface area contributed by atoms with Gasteiger partial charge in [-0.05, 0) is 35.9 Å². The lowest BCUT2D eigenvalue weighted by Gasteiger charge is -2.28. The van der Waals surface area contributed by atoms with Gasteiger partial charge in [-0.2, -0.15) is 0 Å². The van der Waals surface area contributed by atoms with E-state index in [1.807, 2.05) is 0 Å². The third-order valence-electron chi connectivity index (χ3n) is 3.86. The Kier molecular flexibility index (Phi) is 4.52. The first-order valence-corrected chi connectivity index (χ1v) is 8.94. The minimum Gasteiger partial charge on any atom is -0.309 e. The van der Waals surface area contributed by atoms with E-state index in [0.29, 0.717) is 12.6 Å². The second-order valence-electron chi connectivity index (χ2n) is 6.27. The van der Waals surface area contributed by atoms with E-state index in [9.17, 15) is 8.42 Å². The molecule has 0 radical (unpaired) electrons. The van der Waals surface area contributed by atoms with Crippen molar-refractivity contribution in [2.24, 2.45) is 5.41 Å². The molecule has 0 spiro atoms. The van der Waals surface area contributed by atoms with Gasteiger partial charge in [0.2, 0.25) is 10.0 Å². The number of benzene rings is 1. The maximum absolute atomic E-state index is 11.0. The predicted molar refractivity (Wildman–Crippen MR) is 82.1 cm³/mol. The first kappa shape index (κ1) is 15.5. The van der Waals surface area contributed by atoms with E-state index >= 15 is 0 Å². The molecule has 2 N–H and O–H groups in total. The van der Waals surface area contributed by atoms with Gasteiger partial charge < -0.3 is 5.32 Å². The van der Waals surface area contributed by atoms with Gasteiger partial charge >= 0.3 is 0 Å². The molecule has 0 amide bonds. The molecule has 5 heteroatoms. The van der Waals surface area contributed by atoms with Gasteiger partial charge in [0.25, 0.3) is 0 Å². The van der Waals surface area contributed by atoms with Crippen molar-refractivity contribution in [3.05, 3.63) is 35.4 Å². The van der Waals surface area contributed by atoms with Crippen LogP contribution in [0.4, 0.5) is 0 Å². The van der Waals surface area contributed by atoms with Gasteiger partial charge in [-0.15, -0.1) is 0 Å². The first-order chi connectivity index (χ1) is 9.30. The molecule has 0 bridgehead atoms. The highest BCUT2D eigenvalue weighted by Crippen LogP contribution is 2.44. The molecule has 0 aliphatic heterocycles. The Bertz CT molecular complexity index is 567.